The lowest BCUT2D eigenvalue weighted by Gasteiger charge is -2.21. The molecule has 0 aliphatic rings. The number of anilines is 2. The van der Waals surface area contributed by atoms with Crippen LogP contribution in [0.2, 0.25) is 5.02 Å². The highest BCUT2D eigenvalue weighted by molar-refractivity contribution is 7.16. The minimum absolute atomic E-state index is 0.227. The van der Waals surface area contributed by atoms with Crippen molar-refractivity contribution in [2.75, 3.05) is 10.6 Å². The van der Waals surface area contributed by atoms with E-state index in [4.69, 9.17) is 16.0 Å². The van der Waals surface area contributed by atoms with E-state index in [9.17, 15) is 4.79 Å². The van der Waals surface area contributed by atoms with Crippen LogP contribution in [-0.2, 0) is 6.42 Å². The van der Waals surface area contributed by atoms with Crippen LogP contribution in [0.25, 0.3) is 0 Å². The molecule has 1 amide bonds. The normalized spacial score (nSPS) is 11.8. The Bertz CT molecular complexity index is 1170. The number of rotatable bonds is 7. The van der Waals surface area contributed by atoms with Crippen molar-refractivity contribution in [2.24, 2.45) is 0 Å². The fourth-order valence-electron chi connectivity index (χ4n) is 3.28. The molecule has 5 nitrogen and oxygen atoms in total. The van der Waals surface area contributed by atoms with E-state index in [2.05, 4.69) is 28.6 Å². The van der Waals surface area contributed by atoms with Gasteiger partial charge in [0.25, 0.3) is 5.91 Å². The van der Waals surface area contributed by atoms with E-state index in [1.165, 1.54) is 11.1 Å². The van der Waals surface area contributed by atoms with Crippen molar-refractivity contribution in [1.29, 1.82) is 0 Å². The third-order valence-corrected chi connectivity index (χ3v) is 6.32. The average Bonchev–Trinajstić information content (AvgIpc) is 3.43. The van der Waals surface area contributed by atoms with E-state index in [0.29, 0.717) is 5.02 Å². The van der Waals surface area contributed by atoms with E-state index < -0.39 is 0 Å². The number of aryl methyl sites for hydroxylation is 2. The highest BCUT2D eigenvalue weighted by Crippen LogP contribution is 2.38. The summed E-state index contributed by atoms with van der Waals surface area (Å²) in [5.74, 6) is 0.751. The molecule has 0 radical (unpaired) electrons. The number of nitrogens with one attached hydrogen (secondary N) is 2. The van der Waals surface area contributed by atoms with Crippen molar-refractivity contribution in [1.82, 2.24) is 4.98 Å². The molecule has 158 valence electrons. The van der Waals surface area contributed by atoms with Crippen LogP contribution in [0, 0.1) is 6.92 Å². The Hall–Kier alpha value is -3.09. The van der Waals surface area contributed by atoms with Gasteiger partial charge in [0.05, 0.1) is 12.3 Å². The lowest BCUT2D eigenvalue weighted by atomic mass is 9.99. The summed E-state index contributed by atoms with van der Waals surface area (Å²) in [6, 6.07) is 16.9. The van der Waals surface area contributed by atoms with E-state index >= 15 is 0 Å². The third kappa shape index (κ3) is 4.98. The summed E-state index contributed by atoms with van der Waals surface area (Å²) < 4.78 is 5.26. The van der Waals surface area contributed by atoms with Gasteiger partial charge in [-0.2, -0.15) is 0 Å². The number of thiophene rings is 1. The van der Waals surface area contributed by atoms with Crippen LogP contribution in [0.4, 0.5) is 10.8 Å². The van der Waals surface area contributed by atoms with Gasteiger partial charge in [-0.1, -0.05) is 30.7 Å². The van der Waals surface area contributed by atoms with Crippen LogP contribution in [0.3, 0.4) is 0 Å². The van der Waals surface area contributed by atoms with Gasteiger partial charge < -0.3 is 15.1 Å². The highest BCUT2D eigenvalue weighted by Gasteiger charge is 2.23. The zero-order valence-corrected chi connectivity index (χ0v) is 18.8. The summed E-state index contributed by atoms with van der Waals surface area (Å²) in [5.41, 5.74) is 3.09. The molecule has 31 heavy (non-hydrogen) atoms. The number of furan rings is 1. The average molecular weight is 452 g/mol. The first-order valence-corrected chi connectivity index (χ1v) is 11.1. The summed E-state index contributed by atoms with van der Waals surface area (Å²) in [7, 11) is 0. The second-order valence-corrected chi connectivity index (χ2v) is 8.70. The van der Waals surface area contributed by atoms with Crippen LogP contribution >= 0.6 is 22.9 Å². The zero-order chi connectivity index (χ0) is 21.8. The minimum Gasteiger partial charge on any atom is -0.459 e. The number of aromatic nitrogens is 1. The van der Waals surface area contributed by atoms with Gasteiger partial charge in [0, 0.05) is 21.7 Å². The topological polar surface area (TPSA) is 67.2 Å². The number of carbonyl (C=O) groups excluding carboxylic acids is 1. The zero-order valence-electron chi connectivity index (χ0n) is 17.2. The first-order chi connectivity index (χ1) is 15.0. The van der Waals surface area contributed by atoms with E-state index in [0.717, 1.165) is 33.9 Å². The van der Waals surface area contributed by atoms with Crippen molar-refractivity contribution >= 4 is 39.7 Å². The lowest BCUT2D eigenvalue weighted by Crippen LogP contribution is -2.17. The first-order valence-electron chi connectivity index (χ1n) is 9.95. The van der Waals surface area contributed by atoms with Gasteiger partial charge in [0.15, 0.2) is 5.76 Å². The summed E-state index contributed by atoms with van der Waals surface area (Å²) in [6.07, 6.45) is 4.13. The molecule has 2 N–H and O–H groups in total. The molecule has 1 atom stereocenters. The van der Waals surface area contributed by atoms with Crippen molar-refractivity contribution in [3.8, 4) is 0 Å². The monoisotopic (exact) mass is 451 g/mol. The Morgan fingerprint density at radius 3 is 2.68 bits per heavy atom. The standard InChI is InChI=1S/C24H22ClN3O2S/c1-3-18-14-19(24(31-18)28-23(29)20-5-4-12-30-20)22(16-6-8-17(25)9-7-16)27-21-13-15(2)10-11-26-21/h4-14,22H,3H2,1-2H3,(H,26,27)(H,28,29)/t22-/m1/s1. The molecule has 0 spiro atoms. The molecule has 7 heteroatoms. The number of pyridine rings is 1. The maximum atomic E-state index is 12.7. The molecule has 0 saturated carbocycles. The molecule has 3 aromatic heterocycles. The van der Waals surface area contributed by atoms with Gasteiger partial charge >= 0.3 is 0 Å². The minimum atomic E-state index is -0.278. The molecule has 4 rings (SSSR count). The molecule has 0 saturated heterocycles. The summed E-state index contributed by atoms with van der Waals surface area (Å²) in [6.45, 7) is 4.12. The highest BCUT2D eigenvalue weighted by atomic mass is 35.5. The molecule has 0 bridgehead atoms. The fraction of sp³-hybridized carbons (Fsp3) is 0.167. The maximum absolute atomic E-state index is 12.7. The van der Waals surface area contributed by atoms with Gasteiger partial charge in [-0.25, -0.2) is 4.98 Å². The molecule has 0 unspecified atom stereocenters. The number of amides is 1. The van der Waals surface area contributed by atoms with Crippen molar-refractivity contribution in [3.05, 3.63) is 99.4 Å². The van der Waals surface area contributed by atoms with Crippen molar-refractivity contribution in [3.63, 3.8) is 0 Å². The van der Waals surface area contributed by atoms with Gasteiger partial charge in [-0.3, -0.25) is 4.79 Å². The molecular formula is C24H22ClN3O2S. The second-order valence-electron chi connectivity index (χ2n) is 7.13. The molecule has 1 aromatic carbocycles. The Kier molecular flexibility index (Phi) is 6.39. The van der Waals surface area contributed by atoms with E-state index in [-0.39, 0.29) is 17.7 Å². The Morgan fingerprint density at radius 1 is 1.19 bits per heavy atom. The number of carbonyl (C=O) groups is 1. The molecule has 0 aliphatic carbocycles. The van der Waals surface area contributed by atoms with Gasteiger partial charge in [-0.05, 0) is 66.9 Å². The van der Waals surface area contributed by atoms with Crippen molar-refractivity contribution in [2.45, 2.75) is 26.3 Å². The Morgan fingerprint density at radius 2 is 2.00 bits per heavy atom. The van der Waals surface area contributed by atoms with Crippen molar-refractivity contribution < 1.29 is 9.21 Å². The Labute approximate surface area is 190 Å². The molecular weight excluding hydrogens is 430 g/mol. The second kappa shape index (κ2) is 9.37. The summed E-state index contributed by atoms with van der Waals surface area (Å²) in [5, 5.41) is 8.01. The van der Waals surface area contributed by atoms with Crippen LogP contribution in [-0.4, -0.2) is 10.9 Å². The van der Waals surface area contributed by atoms with E-state index in [1.807, 2.05) is 43.3 Å². The molecule has 4 aromatic rings. The number of hydrogen-bond donors (Lipinski definition) is 2. The maximum Gasteiger partial charge on any atom is 0.291 e. The number of benzene rings is 1. The smallest absolute Gasteiger partial charge is 0.291 e. The lowest BCUT2D eigenvalue weighted by molar-refractivity contribution is 0.0997. The summed E-state index contributed by atoms with van der Waals surface area (Å²) in [4.78, 5) is 18.3. The molecule has 0 aliphatic heterocycles. The van der Waals surface area contributed by atoms with E-state index in [1.54, 1.807) is 29.7 Å². The third-order valence-electron chi connectivity index (χ3n) is 4.85. The largest absolute Gasteiger partial charge is 0.459 e. The predicted octanol–water partition coefficient (Wildman–Crippen LogP) is 6.71. The fourth-order valence-corrected chi connectivity index (χ4v) is 4.43. The summed E-state index contributed by atoms with van der Waals surface area (Å²) >= 11 is 7.69. The van der Waals surface area contributed by atoms with Crippen LogP contribution in [0.5, 0.6) is 0 Å². The number of nitrogens with zero attached hydrogens (tertiary/aromatic N) is 1. The van der Waals surface area contributed by atoms with Gasteiger partial charge in [0.2, 0.25) is 0 Å². The SMILES string of the molecule is CCc1cc([C@H](Nc2cc(C)ccn2)c2ccc(Cl)cc2)c(NC(=O)c2ccco2)s1. The quantitative estimate of drug-likeness (QED) is 0.327. The molecule has 0 fully saturated rings. The van der Waals surface area contributed by atoms with Crippen LogP contribution in [0.1, 0.15) is 45.1 Å². The van der Waals surface area contributed by atoms with Crippen LogP contribution in [0.15, 0.2) is 71.5 Å². The van der Waals surface area contributed by atoms with Crippen LogP contribution < -0.4 is 10.6 Å². The first kappa shape index (κ1) is 21.2. The van der Waals surface area contributed by atoms with Gasteiger partial charge in [0.1, 0.15) is 10.8 Å². The number of hydrogen-bond acceptors (Lipinski definition) is 5. The predicted molar refractivity (Wildman–Crippen MR) is 126 cm³/mol. The molecule has 3 heterocycles. The number of halogens is 1. The van der Waals surface area contributed by atoms with Gasteiger partial charge in [-0.15, -0.1) is 11.3 Å². The Balaban J connectivity index is 1.75.